The molecule has 1 aliphatic heterocycles. The van der Waals surface area contributed by atoms with Gasteiger partial charge in [0, 0.05) is 19.1 Å². The molecule has 0 saturated carbocycles. The molecule has 0 bridgehead atoms. The Labute approximate surface area is 155 Å². The molecular weight excluding hydrogens is 327 g/mol. The largest absolute Gasteiger partial charge is 0.337 e. The lowest BCUT2D eigenvalue weighted by atomic mass is 9.82. The van der Waals surface area contributed by atoms with Crippen molar-refractivity contribution in [2.75, 3.05) is 13.1 Å². The number of hydrogen-bond donors (Lipinski definition) is 1. The number of fused-ring (bicyclic) bond motifs is 1. The van der Waals surface area contributed by atoms with Gasteiger partial charge in [-0.15, -0.1) is 0 Å². The summed E-state index contributed by atoms with van der Waals surface area (Å²) < 4.78 is 13.2. The van der Waals surface area contributed by atoms with Crippen molar-refractivity contribution in [3.8, 4) is 0 Å². The highest BCUT2D eigenvalue weighted by Gasteiger charge is 2.28. The van der Waals surface area contributed by atoms with Gasteiger partial charge in [0.25, 0.3) is 0 Å². The van der Waals surface area contributed by atoms with E-state index < -0.39 is 0 Å². The molecule has 1 amide bonds. The van der Waals surface area contributed by atoms with E-state index in [-0.39, 0.29) is 29.7 Å². The normalized spacial score (nSPS) is 15.5. The Bertz CT molecular complexity index is 764. The minimum absolute atomic E-state index is 0.0240. The minimum atomic E-state index is -0.246. The highest BCUT2D eigenvalue weighted by Crippen LogP contribution is 2.32. The summed E-state index contributed by atoms with van der Waals surface area (Å²) in [5.74, 6) is -0.139. The zero-order chi connectivity index (χ0) is 18.7. The molecule has 3 nitrogen and oxygen atoms in total. The van der Waals surface area contributed by atoms with Crippen LogP contribution in [0.4, 0.5) is 4.39 Å². The Morgan fingerprint density at radius 3 is 2.42 bits per heavy atom. The molecule has 1 unspecified atom stereocenters. The van der Waals surface area contributed by atoms with E-state index in [1.807, 2.05) is 11.0 Å². The molecule has 0 saturated heterocycles. The number of carbonyl (C=O) groups excluding carboxylic acids is 1. The van der Waals surface area contributed by atoms with Crippen LogP contribution in [0.5, 0.6) is 0 Å². The summed E-state index contributed by atoms with van der Waals surface area (Å²) in [5, 5.41) is 3.40. The van der Waals surface area contributed by atoms with Crippen molar-refractivity contribution >= 4 is 5.91 Å². The quantitative estimate of drug-likeness (QED) is 0.897. The molecule has 26 heavy (non-hydrogen) atoms. The van der Waals surface area contributed by atoms with E-state index in [2.05, 4.69) is 44.3 Å². The highest BCUT2D eigenvalue weighted by molar-refractivity contribution is 5.78. The zero-order valence-electron chi connectivity index (χ0n) is 15.8. The fourth-order valence-electron chi connectivity index (χ4n) is 3.59. The van der Waals surface area contributed by atoms with Crippen LogP contribution in [0.2, 0.25) is 0 Å². The maximum atomic E-state index is 13.2. The molecule has 0 aliphatic carbocycles. The topological polar surface area (TPSA) is 32.3 Å². The predicted octanol–water partition coefficient (Wildman–Crippen LogP) is 4.09. The van der Waals surface area contributed by atoms with Crippen molar-refractivity contribution in [2.24, 2.45) is 5.41 Å². The zero-order valence-corrected chi connectivity index (χ0v) is 15.8. The summed E-state index contributed by atoms with van der Waals surface area (Å²) in [6.07, 6.45) is 0.905. The number of amides is 1. The molecule has 0 radical (unpaired) electrons. The van der Waals surface area contributed by atoms with Crippen molar-refractivity contribution in [1.82, 2.24) is 10.2 Å². The van der Waals surface area contributed by atoms with E-state index in [4.69, 9.17) is 0 Å². The summed E-state index contributed by atoms with van der Waals surface area (Å²) in [6.45, 7) is 8.07. The number of rotatable bonds is 4. The van der Waals surface area contributed by atoms with Gasteiger partial charge in [0.2, 0.25) is 5.91 Å². The maximum absolute atomic E-state index is 13.2. The fourth-order valence-corrected chi connectivity index (χ4v) is 3.59. The van der Waals surface area contributed by atoms with Crippen LogP contribution in [0.1, 0.15) is 43.5 Å². The number of carbonyl (C=O) groups is 1. The lowest BCUT2D eigenvalue weighted by Gasteiger charge is -2.34. The Morgan fingerprint density at radius 1 is 1.12 bits per heavy atom. The summed E-state index contributed by atoms with van der Waals surface area (Å²) in [5.41, 5.74) is 3.48. The fraction of sp³-hybridized carbons (Fsp3) is 0.409. The average Bonchev–Trinajstić information content (AvgIpc) is 2.61. The Morgan fingerprint density at radius 2 is 1.77 bits per heavy atom. The molecule has 0 fully saturated rings. The number of nitrogens with zero attached hydrogens (tertiary/aromatic N) is 1. The molecule has 0 spiro atoms. The van der Waals surface area contributed by atoms with Crippen LogP contribution >= 0.6 is 0 Å². The lowest BCUT2D eigenvalue weighted by Crippen LogP contribution is -2.43. The third-order valence-corrected chi connectivity index (χ3v) is 5.01. The molecule has 2 aromatic rings. The van der Waals surface area contributed by atoms with Crippen molar-refractivity contribution in [3.05, 3.63) is 71.0 Å². The SMILES string of the molecule is CC(C)(C)C(NCC(=O)N1CCc2ccccc2C1)c1ccc(F)cc1. The van der Waals surface area contributed by atoms with Gasteiger partial charge in [0.1, 0.15) is 5.82 Å². The standard InChI is InChI=1S/C22H27FN2O/c1-22(2,3)21(17-8-10-19(23)11-9-17)24-14-20(26)25-13-12-16-6-4-5-7-18(16)15-25/h4-11,21,24H,12-15H2,1-3H3. The first-order valence-corrected chi connectivity index (χ1v) is 9.18. The lowest BCUT2D eigenvalue weighted by molar-refractivity contribution is -0.131. The second-order valence-electron chi connectivity index (χ2n) is 8.07. The van der Waals surface area contributed by atoms with Gasteiger partial charge < -0.3 is 10.2 Å². The molecule has 1 heterocycles. The number of hydrogen-bond acceptors (Lipinski definition) is 2. The smallest absolute Gasteiger partial charge is 0.236 e. The molecule has 1 N–H and O–H groups in total. The molecular formula is C22H27FN2O. The number of halogens is 1. The van der Waals surface area contributed by atoms with E-state index >= 15 is 0 Å². The number of nitrogens with one attached hydrogen (secondary N) is 1. The van der Waals surface area contributed by atoms with Crippen molar-refractivity contribution < 1.29 is 9.18 Å². The van der Waals surface area contributed by atoms with E-state index in [1.54, 1.807) is 12.1 Å². The average molecular weight is 354 g/mol. The summed E-state index contributed by atoms with van der Waals surface area (Å²) >= 11 is 0. The van der Waals surface area contributed by atoms with Gasteiger partial charge in [-0.2, -0.15) is 0 Å². The monoisotopic (exact) mass is 354 g/mol. The van der Waals surface area contributed by atoms with Crippen LogP contribution in [-0.2, 0) is 17.8 Å². The minimum Gasteiger partial charge on any atom is -0.337 e. The summed E-state index contributed by atoms with van der Waals surface area (Å²) in [6, 6.07) is 14.8. The van der Waals surface area contributed by atoms with E-state index in [1.165, 1.54) is 23.3 Å². The second-order valence-corrected chi connectivity index (χ2v) is 8.07. The second kappa shape index (κ2) is 7.58. The molecule has 2 aromatic carbocycles. The molecule has 0 aromatic heterocycles. The third-order valence-electron chi connectivity index (χ3n) is 5.01. The Hall–Kier alpha value is -2.20. The summed E-state index contributed by atoms with van der Waals surface area (Å²) in [4.78, 5) is 14.6. The third kappa shape index (κ3) is 4.31. The van der Waals surface area contributed by atoms with Crippen LogP contribution in [-0.4, -0.2) is 23.9 Å². The first kappa shape index (κ1) is 18.6. The van der Waals surface area contributed by atoms with Crippen LogP contribution in [0.25, 0.3) is 0 Å². The van der Waals surface area contributed by atoms with Crippen LogP contribution in [0, 0.1) is 11.2 Å². The van der Waals surface area contributed by atoms with Gasteiger partial charge in [0.05, 0.1) is 6.54 Å². The summed E-state index contributed by atoms with van der Waals surface area (Å²) in [7, 11) is 0. The predicted molar refractivity (Wildman–Crippen MR) is 102 cm³/mol. The molecule has 3 rings (SSSR count). The Kier molecular flexibility index (Phi) is 5.42. The first-order valence-electron chi connectivity index (χ1n) is 9.18. The van der Waals surface area contributed by atoms with E-state index in [0.717, 1.165) is 18.5 Å². The van der Waals surface area contributed by atoms with Gasteiger partial charge in [0.15, 0.2) is 0 Å². The van der Waals surface area contributed by atoms with Gasteiger partial charge in [-0.1, -0.05) is 57.2 Å². The van der Waals surface area contributed by atoms with E-state index in [0.29, 0.717) is 6.54 Å². The molecule has 1 atom stereocenters. The van der Waals surface area contributed by atoms with Crippen LogP contribution in [0.3, 0.4) is 0 Å². The van der Waals surface area contributed by atoms with Crippen molar-refractivity contribution in [3.63, 3.8) is 0 Å². The van der Waals surface area contributed by atoms with E-state index in [9.17, 15) is 9.18 Å². The van der Waals surface area contributed by atoms with Gasteiger partial charge in [-0.05, 0) is 40.7 Å². The molecule has 1 aliphatic rings. The van der Waals surface area contributed by atoms with Crippen LogP contribution in [0.15, 0.2) is 48.5 Å². The van der Waals surface area contributed by atoms with Gasteiger partial charge >= 0.3 is 0 Å². The van der Waals surface area contributed by atoms with Crippen molar-refractivity contribution in [2.45, 2.75) is 39.8 Å². The number of benzene rings is 2. The van der Waals surface area contributed by atoms with Gasteiger partial charge in [-0.25, -0.2) is 4.39 Å². The maximum Gasteiger partial charge on any atom is 0.236 e. The van der Waals surface area contributed by atoms with Crippen LogP contribution < -0.4 is 5.32 Å². The Balaban J connectivity index is 1.66. The molecule has 138 valence electrons. The molecule has 4 heteroatoms. The van der Waals surface area contributed by atoms with Crippen molar-refractivity contribution in [1.29, 1.82) is 0 Å². The van der Waals surface area contributed by atoms with Gasteiger partial charge in [-0.3, -0.25) is 4.79 Å². The first-order chi connectivity index (χ1) is 12.3. The highest BCUT2D eigenvalue weighted by atomic mass is 19.1.